The topological polar surface area (TPSA) is 42.4 Å². The van der Waals surface area contributed by atoms with E-state index in [1.165, 1.54) is 0 Å². The van der Waals surface area contributed by atoms with E-state index in [9.17, 15) is 5.11 Å². The minimum atomic E-state index is -0.929. The van der Waals surface area contributed by atoms with Gasteiger partial charge in [0.1, 0.15) is 17.6 Å². The maximum atomic E-state index is 10.7. The smallest absolute Gasteiger partial charge is 0.145 e. The van der Waals surface area contributed by atoms with Gasteiger partial charge in [-0.15, -0.1) is 11.6 Å². The van der Waals surface area contributed by atoms with Gasteiger partial charge in [0.2, 0.25) is 0 Å². The average Bonchev–Trinajstić information content (AvgIpc) is 2.56. The highest BCUT2D eigenvalue weighted by molar-refractivity contribution is 6.35. The number of aliphatic hydroxyl groups excluding tert-OH is 1. The summed E-state index contributed by atoms with van der Waals surface area (Å²) in [5.74, 6) is 0.995. The molecule has 0 fully saturated rings. The minimum absolute atomic E-state index is 0.260. The molecule has 0 spiro atoms. The molecule has 0 aliphatic rings. The molecule has 1 aromatic carbocycles. The molecule has 0 aliphatic carbocycles. The molecule has 1 atom stereocenters. The molecule has 1 unspecified atom stereocenters. The quantitative estimate of drug-likeness (QED) is 0.531. The Morgan fingerprint density at radius 2 is 2.08 bits per heavy atom. The number of pyridine rings is 1. The molecule has 3 nitrogen and oxygen atoms in total. The Labute approximate surface area is 156 Å². The Hall–Kier alpha value is -1.26. The van der Waals surface area contributed by atoms with Crippen molar-refractivity contribution in [2.24, 2.45) is 5.41 Å². The highest BCUT2D eigenvalue weighted by Gasteiger charge is 2.32. The van der Waals surface area contributed by atoms with Crippen molar-refractivity contribution in [1.29, 1.82) is 0 Å². The van der Waals surface area contributed by atoms with Gasteiger partial charge in [-0.3, -0.25) is 4.98 Å². The summed E-state index contributed by atoms with van der Waals surface area (Å²) in [4.78, 5) is 4.06. The van der Waals surface area contributed by atoms with E-state index in [2.05, 4.69) is 4.98 Å². The second-order valence-corrected chi connectivity index (χ2v) is 7.15. The molecule has 0 bridgehead atoms. The van der Waals surface area contributed by atoms with Crippen molar-refractivity contribution >= 4 is 40.9 Å². The standard InChI is InChI=1S/C18H18Cl3NO2/c1-18(2,11-19)17(23)16(8-12-4-3-7-22-10-12)24-15-6-5-13(20)9-14(15)21/h3-10,17,23H,11H2,1-2H3. The number of hydrogen-bond donors (Lipinski definition) is 1. The van der Waals surface area contributed by atoms with Crippen LogP contribution in [0.4, 0.5) is 0 Å². The Morgan fingerprint density at radius 1 is 1.33 bits per heavy atom. The average molecular weight is 387 g/mol. The van der Waals surface area contributed by atoms with Crippen LogP contribution < -0.4 is 4.74 Å². The molecular weight excluding hydrogens is 369 g/mol. The van der Waals surface area contributed by atoms with Gasteiger partial charge in [0, 0.05) is 28.7 Å². The Bertz CT molecular complexity index is 717. The monoisotopic (exact) mass is 385 g/mol. The maximum absolute atomic E-state index is 10.7. The zero-order valence-electron chi connectivity index (χ0n) is 13.3. The lowest BCUT2D eigenvalue weighted by Gasteiger charge is -2.30. The second kappa shape index (κ2) is 8.21. The molecule has 0 saturated carbocycles. The fourth-order valence-electron chi connectivity index (χ4n) is 1.93. The lowest BCUT2D eigenvalue weighted by molar-refractivity contribution is 0.0663. The first-order chi connectivity index (χ1) is 11.3. The lowest BCUT2D eigenvalue weighted by atomic mass is 9.87. The first-order valence-corrected chi connectivity index (χ1v) is 8.61. The summed E-state index contributed by atoms with van der Waals surface area (Å²) in [6, 6.07) is 8.57. The van der Waals surface area contributed by atoms with Crippen molar-refractivity contribution in [3.63, 3.8) is 0 Å². The van der Waals surface area contributed by atoms with E-state index in [0.29, 0.717) is 21.6 Å². The van der Waals surface area contributed by atoms with Crippen LogP contribution in [0.15, 0.2) is 48.5 Å². The number of ether oxygens (including phenoxy) is 1. The molecule has 0 saturated heterocycles. The van der Waals surface area contributed by atoms with E-state index >= 15 is 0 Å². The van der Waals surface area contributed by atoms with Crippen LogP contribution in [0.3, 0.4) is 0 Å². The van der Waals surface area contributed by atoms with Crippen LogP contribution in [0.25, 0.3) is 6.08 Å². The molecule has 6 heteroatoms. The number of aliphatic hydroxyl groups is 1. The minimum Gasteiger partial charge on any atom is -0.457 e. The number of halogens is 3. The molecule has 2 aromatic rings. The zero-order valence-corrected chi connectivity index (χ0v) is 15.6. The number of hydrogen-bond acceptors (Lipinski definition) is 3. The van der Waals surface area contributed by atoms with Crippen LogP contribution in [0.2, 0.25) is 10.0 Å². The van der Waals surface area contributed by atoms with Crippen LogP contribution in [0.5, 0.6) is 5.75 Å². The molecule has 0 amide bonds. The van der Waals surface area contributed by atoms with E-state index in [0.717, 1.165) is 5.56 Å². The molecule has 1 aromatic heterocycles. The summed E-state index contributed by atoms with van der Waals surface area (Å²) in [6.07, 6.45) is 4.14. The Balaban J connectivity index is 2.41. The fourth-order valence-corrected chi connectivity index (χ4v) is 2.53. The number of nitrogens with zero attached hydrogens (tertiary/aromatic N) is 1. The third-order valence-electron chi connectivity index (χ3n) is 3.47. The Kier molecular flexibility index (Phi) is 6.53. The van der Waals surface area contributed by atoms with Crippen molar-refractivity contribution in [3.05, 3.63) is 64.1 Å². The third kappa shape index (κ3) is 4.87. The van der Waals surface area contributed by atoms with Gasteiger partial charge in [0.15, 0.2) is 0 Å². The normalized spacial score (nSPS) is 13.7. The summed E-state index contributed by atoms with van der Waals surface area (Å²) in [6.45, 7) is 3.71. The van der Waals surface area contributed by atoms with Gasteiger partial charge in [-0.1, -0.05) is 43.1 Å². The maximum Gasteiger partial charge on any atom is 0.145 e. The van der Waals surface area contributed by atoms with Crippen LogP contribution >= 0.6 is 34.8 Å². The molecule has 24 heavy (non-hydrogen) atoms. The van der Waals surface area contributed by atoms with Crippen molar-refractivity contribution in [2.45, 2.75) is 20.0 Å². The summed E-state index contributed by atoms with van der Waals surface area (Å²) in [5.41, 5.74) is 0.205. The van der Waals surface area contributed by atoms with E-state index in [1.54, 1.807) is 42.7 Å². The van der Waals surface area contributed by atoms with Crippen molar-refractivity contribution in [2.75, 3.05) is 5.88 Å². The molecule has 2 rings (SSSR count). The summed E-state index contributed by atoms with van der Waals surface area (Å²) in [5, 5.41) is 11.6. The largest absolute Gasteiger partial charge is 0.457 e. The van der Waals surface area contributed by atoms with Crippen LogP contribution in [-0.2, 0) is 0 Å². The number of alkyl halides is 1. The number of benzene rings is 1. The van der Waals surface area contributed by atoms with Gasteiger partial charge in [0.05, 0.1) is 5.02 Å². The Morgan fingerprint density at radius 3 is 2.67 bits per heavy atom. The van der Waals surface area contributed by atoms with Gasteiger partial charge < -0.3 is 9.84 Å². The van der Waals surface area contributed by atoms with Crippen molar-refractivity contribution < 1.29 is 9.84 Å². The van der Waals surface area contributed by atoms with Crippen molar-refractivity contribution in [3.8, 4) is 5.75 Å². The molecule has 1 N–H and O–H groups in total. The van der Waals surface area contributed by atoms with Crippen molar-refractivity contribution in [1.82, 2.24) is 4.98 Å². The number of rotatable bonds is 6. The van der Waals surface area contributed by atoms with E-state index in [1.807, 2.05) is 19.9 Å². The second-order valence-electron chi connectivity index (χ2n) is 6.03. The first kappa shape index (κ1) is 19.1. The zero-order chi connectivity index (χ0) is 17.7. The predicted octanol–water partition coefficient (Wildman–Crippen LogP) is 5.43. The molecule has 0 radical (unpaired) electrons. The molecular formula is C18H18Cl3NO2. The van der Waals surface area contributed by atoms with Gasteiger partial charge >= 0.3 is 0 Å². The van der Waals surface area contributed by atoms with E-state index in [4.69, 9.17) is 39.5 Å². The van der Waals surface area contributed by atoms with Crippen LogP contribution in [-0.4, -0.2) is 22.1 Å². The van der Waals surface area contributed by atoms with Crippen LogP contribution in [0, 0.1) is 5.41 Å². The van der Waals surface area contributed by atoms with Gasteiger partial charge in [-0.05, 0) is 35.9 Å². The highest BCUT2D eigenvalue weighted by Crippen LogP contribution is 2.34. The highest BCUT2D eigenvalue weighted by atomic mass is 35.5. The SMILES string of the molecule is CC(C)(CCl)C(O)C(=Cc1cccnc1)Oc1ccc(Cl)cc1Cl. The van der Waals surface area contributed by atoms with E-state index in [-0.39, 0.29) is 5.88 Å². The first-order valence-electron chi connectivity index (χ1n) is 7.32. The predicted molar refractivity (Wildman–Crippen MR) is 99.8 cm³/mol. The fraction of sp³-hybridized carbons (Fsp3) is 0.278. The molecule has 128 valence electrons. The van der Waals surface area contributed by atoms with Gasteiger partial charge in [-0.25, -0.2) is 0 Å². The van der Waals surface area contributed by atoms with Gasteiger partial charge in [0.25, 0.3) is 0 Å². The third-order valence-corrected chi connectivity index (χ3v) is 4.69. The summed E-state index contributed by atoms with van der Waals surface area (Å²) < 4.78 is 5.89. The summed E-state index contributed by atoms with van der Waals surface area (Å²) >= 11 is 18.1. The lowest BCUT2D eigenvalue weighted by Crippen LogP contribution is -2.34. The number of aromatic nitrogens is 1. The van der Waals surface area contributed by atoms with Gasteiger partial charge in [-0.2, -0.15) is 0 Å². The van der Waals surface area contributed by atoms with Crippen LogP contribution in [0.1, 0.15) is 19.4 Å². The van der Waals surface area contributed by atoms with E-state index < -0.39 is 11.5 Å². The molecule has 1 heterocycles. The molecule has 0 aliphatic heterocycles. The summed E-state index contributed by atoms with van der Waals surface area (Å²) in [7, 11) is 0.